The molecule has 1 aromatic rings. The van der Waals surface area contributed by atoms with E-state index < -0.39 is 0 Å². The smallest absolute Gasteiger partial charge is 0.147 e. The van der Waals surface area contributed by atoms with Gasteiger partial charge >= 0.3 is 0 Å². The number of pyridine rings is 1. The van der Waals surface area contributed by atoms with Crippen molar-refractivity contribution in [3.05, 3.63) is 16.1 Å². The van der Waals surface area contributed by atoms with Crippen molar-refractivity contribution in [3.63, 3.8) is 0 Å². The molecule has 1 heterocycles. The normalized spacial score (nSPS) is 23.2. The second-order valence-electron chi connectivity index (χ2n) is 5.17. The Labute approximate surface area is 125 Å². The predicted octanol–water partition coefficient (Wildman–Crippen LogP) is 4.81. The number of rotatable bonds is 4. The van der Waals surface area contributed by atoms with Crippen LogP contribution in [0.4, 0.5) is 11.6 Å². The van der Waals surface area contributed by atoms with Crippen molar-refractivity contribution in [1.29, 1.82) is 0 Å². The summed E-state index contributed by atoms with van der Waals surface area (Å²) in [6.45, 7) is 2.27. The Hall–Kier alpha value is -0.670. The second kappa shape index (κ2) is 6.67. The highest BCUT2D eigenvalue weighted by Gasteiger charge is 2.21. The van der Waals surface area contributed by atoms with Gasteiger partial charge in [0, 0.05) is 13.1 Å². The van der Waals surface area contributed by atoms with Gasteiger partial charge in [0.2, 0.25) is 0 Å². The third kappa shape index (κ3) is 3.67. The number of nitrogens with one attached hydrogen (secondary N) is 2. The zero-order chi connectivity index (χ0) is 13.8. The summed E-state index contributed by atoms with van der Waals surface area (Å²) in [4.78, 5) is 4.44. The molecular formula is C14H21Cl2N3. The van der Waals surface area contributed by atoms with Crippen molar-refractivity contribution >= 4 is 34.8 Å². The molecule has 3 nitrogen and oxygen atoms in total. The van der Waals surface area contributed by atoms with Crippen LogP contribution < -0.4 is 10.6 Å². The van der Waals surface area contributed by atoms with E-state index in [-0.39, 0.29) is 0 Å². The van der Waals surface area contributed by atoms with Crippen LogP contribution in [0, 0.1) is 5.92 Å². The molecule has 0 atom stereocenters. The molecule has 1 saturated carbocycles. The lowest BCUT2D eigenvalue weighted by molar-refractivity contribution is 0.330. The van der Waals surface area contributed by atoms with Crippen LogP contribution in [0.25, 0.3) is 0 Å². The molecule has 2 rings (SSSR count). The van der Waals surface area contributed by atoms with Gasteiger partial charge in [0.1, 0.15) is 11.6 Å². The minimum atomic E-state index is 0.471. The second-order valence-corrected chi connectivity index (χ2v) is 5.98. The fourth-order valence-electron chi connectivity index (χ4n) is 2.65. The van der Waals surface area contributed by atoms with E-state index in [1.807, 2.05) is 0 Å². The maximum Gasteiger partial charge on any atom is 0.147 e. The van der Waals surface area contributed by atoms with Gasteiger partial charge in [-0.3, -0.25) is 0 Å². The van der Waals surface area contributed by atoms with Crippen LogP contribution in [-0.4, -0.2) is 18.1 Å². The number of anilines is 2. The van der Waals surface area contributed by atoms with Crippen molar-refractivity contribution in [3.8, 4) is 0 Å². The van der Waals surface area contributed by atoms with E-state index >= 15 is 0 Å². The standard InChI is InChI=1S/C14H21Cl2N3/c1-3-9-4-6-10(7-5-9)18-14-12(16)8-11(15)13(17-2)19-14/h8-10H,3-7H2,1-2H3,(H2,17,18,19). The first-order valence-corrected chi connectivity index (χ1v) is 7.70. The zero-order valence-corrected chi connectivity index (χ0v) is 13.0. The van der Waals surface area contributed by atoms with Crippen LogP contribution in [0.1, 0.15) is 39.0 Å². The molecule has 0 aromatic carbocycles. The number of nitrogens with zero attached hydrogens (tertiary/aromatic N) is 1. The number of hydrogen-bond donors (Lipinski definition) is 2. The number of halogens is 2. The molecule has 0 saturated heterocycles. The highest BCUT2D eigenvalue weighted by atomic mass is 35.5. The summed E-state index contributed by atoms with van der Waals surface area (Å²) < 4.78 is 0. The predicted molar refractivity (Wildman–Crippen MR) is 83.5 cm³/mol. The molecule has 2 N–H and O–H groups in total. The molecule has 0 bridgehead atoms. The first-order valence-electron chi connectivity index (χ1n) is 6.94. The first-order chi connectivity index (χ1) is 9.13. The fourth-order valence-corrected chi connectivity index (χ4v) is 3.16. The third-order valence-corrected chi connectivity index (χ3v) is 4.51. The van der Waals surface area contributed by atoms with E-state index in [9.17, 15) is 0 Å². The van der Waals surface area contributed by atoms with Crippen molar-refractivity contribution in [2.75, 3.05) is 17.7 Å². The Kier molecular flexibility index (Phi) is 5.17. The molecule has 1 aromatic heterocycles. The van der Waals surface area contributed by atoms with Gasteiger partial charge in [0.25, 0.3) is 0 Å². The lowest BCUT2D eigenvalue weighted by atomic mass is 9.84. The highest BCUT2D eigenvalue weighted by molar-refractivity contribution is 6.37. The average Bonchev–Trinajstić information content (AvgIpc) is 2.42. The van der Waals surface area contributed by atoms with E-state index in [2.05, 4.69) is 22.5 Å². The van der Waals surface area contributed by atoms with E-state index in [1.54, 1.807) is 13.1 Å². The molecule has 1 fully saturated rings. The van der Waals surface area contributed by atoms with E-state index in [0.29, 0.717) is 21.9 Å². The van der Waals surface area contributed by atoms with E-state index in [1.165, 1.54) is 32.1 Å². The number of aromatic nitrogens is 1. The summed E-state index contributed by atoms with van der Waals surface area (Å²) >= 11 is 12.2. The van der Waals surface area contributed by atoms with Gasteiger partial charge in [-0.25, -0.2) is 4.98 Å². The Morgan fingerprint density at radius 2 is 1.79 bits per heavy atom. The highest BCUT2D eigenvalue weighted by Crippen LogP contribution is 2.32. The van der Waals surface area contributed by atoms with Gasteiger partial charge in [-0.2, -0.15) is 0 Å². The van der Waals surface area contributed by atoms with E-state index in [0.717, 1.165) is 11.7 Å². The SMILES string of the molecule is CCC1CCC(Nc2nc(NC)c(Cl)cc2Cl)CC1. The lowest BCUT2D eigenvalue weighted by Gasteiger charge is -2.29. The van der Waals surface area contributed by atoms with Crippen LogP contribution in [0.3, 0.4) is 0 Å². The molecule has 0 radical (unpaired) electrons. The van der Waals surface area contributed by atoms with Crippen LogP contribution >= 0.6 is 23.2 Å². The Morgan fingerprint density at radius 1 is 1.16 bits per heavy atom. The summed E-state index contributed by atoms with van der Waals surface area (Å²) in [5.74, 6) is 2.28. The van der Waals surface area contributed by atoms with Gasteiger partial charge in [-0.1, -0.05) is 36.5 Å². The van der Waals surface area contributed by atoms with Gasteiger partial charge in [0.15, 0.2) is 0 Å². The quantitative estimate of drug-likeness (QED) is 0.838. The fraction of sp³-hybridized carbons (Fsp3) is 0.643. The van der Waals surface area contributed by atoms with Crippen LogP contribution in [0.15, 0.2) is 6.07 Å². The Bertz CT molecular complexity index is 429. The number of hydrogen-bond acceptors (Lipinski definition) is 3. The molecule has 1 aliphatic carbocycles. The maximum atomic E-state index is 6.20. The van der Waals surface area contributed by atoms with Crippen molar-refractivity contribution in [2.24, 2.45) is 5.92 Å². The van der Waals surface area contributed by atoms with Gasteiger partial charge in [0.05, 0.1) is 10.0 Å². The molecule has 0 amide bonds. The molecule has 106 valence electrons. The van der Waals surface area contributed by atoms with Crippen LogP contribution in [-0.2, 0) is 0 Å². The minimum absolute atomic E-state index is 0.471. The Balaban J connectivity index is 2.03. The lowest BCUT2D eigenvalue weighted by Crippen LogP contribution is -2.26. The minimum Gasteiger partial charge on any atom is -0.372 e. The van der Waals surface area contributed by atoms with Crippen LogP contribution in [0.2, 0.25) is 10.0 Å². The molecule has 0 unspecified atom stereocenters. The van der Waals surface area contributed by atoms with E-state index in [4.69, 9.17) is 23.2 Å². The van der Waals surface area contributed by atoms with Crippen molar-refractivity contribution in [2.45, 2.75) is 45.1 Å². The Morgan fingerprint density at radius 3 is 2.37 bits per heavy atom. The largest absolute Gasteiger partial charge is 0.372 e. The van der Waals surface area contributed by atoms with Crippen LogP contribution in [0.5, 0.6) is 0 Å². The summed E-state index contributed by atoms with van der Waals surface area (Å²) in [5.41, 5.74) is 0. The van der Waals surface area contributed by atoms with Gasteiger partial charge < -0.3 is 10.6 Å². The topological polar surface area (TPSA) is 37.0 Å². The molecule has 1 aliphatic rings. The van der Waals surface area contributed by atoms with Gasteiger partial charge in [-0.15, -0.1) is 0 Å². The zero-order valence-electron chi connectivity index (χ0n) is 11.5. The molecule has 19 heavy (non-hydrogen) atoms. The molecular weight excluding hydrogens is 281 g/mol. The monoisotopic (exact) mass is 301 g/mol. The third-order valence-electron chi connectivity index (χ3n) is 3.93. The summed E-state index contributed by atoms with van der Waals surface area (Å²) in [6.07, 6.45) is 6.25. The molecule has 5 heteroatoms. The molecule has 0 spiro atoms. The summed E-state index contributed by atoms with van der Waals surface area (Å²) in [7, 11) is 1.80. The van der Waals surface area contributed by atoms with Crippen molar-refractivity contribution in [1.82, 2.24) is 4.98 Å². The maximum absolute atomic E-state index is 6.20. The summed E-state index contributed by atoms with van der Waals surface area (Å²) in [5, 5.41) is 7.56. The van der Waals surface area contributed by atoms with Gasteiger partial charge in [-0.05, 0) is 37.7 Å². The molecule has 0 aliphatic heterocycles. The summed E-state index contributed by atoms with van der Waals surface area (Å²) in [6, 6.07) is 2.21. The van der Waals surface area contributed by atoms with Crippen molar-refractivity contribution < 1.29 is 0 Å². The first kappa shape index (κ1) is 14.7. The average molecular weight is 302 g/mol.